The highest BCUT2D eigenvalue weighted by Crippen LogP contribution is 2.33. The number of hydrogen-bond acceptors (Lipinski definition) is 4. The molecule has 1 unspecified atom stereocenters. The number of carbonyl (C=O) groups excluding carboxylic acids is 1. The van der Waals surface area contributed by atoms with Crippen molar-refractivity contribution in [3.63, 3.8) is 0 Å². The summed E-state index contributed by atoms with van der Waals surface area (Å²) in [6.07, 6.45) is 0. The van der Waals surface area contributed by atoms with Gasteiger partial charge >= 0.3 is 0 Å². The second kappa shape index (κ2) is 5.79. The predicted molar refractivity (Wildman–Crippen MR) is 70.5 cm³/mol. The molecule has 1 fully saturated rings. The van der Waals surface area contributed by atoms with Crippen LogP contribution >= 0.6 is 11.6 Å². The number of alkyl halides is 1. The fourth-order valence-corrected chi connectivity index (χ4v) is 2.64. The Balaban J connectivity index is 2.23. The van der Waals surface area contributed by atoms with Gasteiger partial charge in [-0.05, 0) is 6.92 Å². The first-order chi connectivity index (χ1) is 9.06. The zero-order valence-electron chi connectivity index (χ0n) is 11.4. The molecule has 2 heterocycles. The minimum absolute atomic E-state index is 0.126. The van der Waals surface area contributed by atoms with Gasteiger partial charge in [-0.1, -0.05) is 0 Å². The van der Waals surface area contributed by atoms with Crippen LogP contribution in [0.2, 0.25) is 0 Å². The van der Waals surface area contributed by atoms with Gasteiger partial charge in [0.25, 0.3) is 0 Å². The lowest BCUT2D eigenvalue weighted by Crippen LogP contribution is -2.42. The van der Waals surface area contributed by atoms with Gasteiger partial charge in [-0.3, -0.25) is 4.79 Å². The zero-order valence-corrected chi connectivity index (χ0v) is 12.1. The number of halogens is 1. The van der Waals surface area contributed by atoms with E-state index >= 15 is 0 Å². The molecule has 7 heteroatoms. The number of carbonyl (C=O) groups is 1. The minimum Gasteiger partial charge on any atom is -0.481 e. The lowest BCUT2D eigenvalue weighted by atomic mass is 10.1. The quantitative estimate of drug-likeness (QED) is 0.774. The number of rotatable bonds is 3. The molecular weight excluding hydrogens is 270 g/mol. The van der Waals surface area contributed by atoms with Crippen LogP contribution in [0.5, 0.6) is 5.88 Å². The minimum atomic E-state index is -0.776. The van der Waals surface area contributed by atoms with Gasteiger partial charge < -0.3 is 14.4 Å². The topological polar surface area (TPSA) is 56.6 Å². The molecule has 0 aromatic carbocycles. The normalized spacial score (nSPS) is 17.4. The smallest absolute Gasteiger partial charge is 0.245 e. The maximum absolute atomic E-state index is 12.4. The summed E-state index contributed by atoms with van der Waals surface area (Å²) in [6.45, 7) is 4.07. The molecule has 1 aliphatic heterocycles. The molecule has 0 aliphatic carbocycles. The zero-order chi connectivity index (χ0) is 14.0. The van der Waals surface area contributed by atoms with E-state index < -0.39 is 5.38 Å². The molecule has 0 saturated carbocycles. The van der Waals surface area contributed by atoms with Crippen molar-refractivity contribution < 1.29 is 14.3 Å². The van der Waals surface area contributed by atoms with Gasteiger partial charge in [-0.2, -0.15) is 5.10 Å². The Morgan fingerprint density at radius 3 is 2.68 bits per heavy atom. The molecule has 19 heavy (non-hydrogen) atoms. The first-order valence-electron chi connectivity index (χ1n) is 6.14. The van der Waals surface area contributed by atoms with E-state index in [4.69, 9.17) is 21.1 Å². The molecule has 2 rings (SSSR count). The summed E-state index contributed by atoms with van der Waals surface area (Å²) in [5.74, 6) is 0.401. The van der Waals surface area contributed by atoms with Gasteiger partial charge in [-0.15, -0.1) is 11.6 Å². The van der Waals surface area contributed by atoms with Crippen molar-refractivity contribution in [1.82, 2.24) is 14.7 Å². The van der Waals surface area contributed by atoms with Crippen LogP contribution in [0, 0.1) is 6.92 Å². The molecule has 1 aromatic heterocycles. The van der Waals surface area contributed by atoms with Crippen molar-refractivity contribution in [3.8, 4) is 5.88 Å². The first-order valence-corrected chi connectivity index (χ1v) is 6.58. The number of hydrogen-bond donors (Lipinski definition) is 0. The second-order valence-corrected chi connectivity index (χ2v) is 4.87. The number of aromatic nitrogens is 2. The average molecular weight is 288 g/mol. The Morgan fingerprint density at radius 1 is 1.47 bits per heavy atom. The number of nitrogens with zero attached hydrogens (tertiary/aromatic N) is 3. The number of ether oxygens (including phenoxy) is 2. The molecule has 6 nitrogen and oxygen atoms in total. The third kappa shape index (κ3) is 2.69. The van der Waals surface area contributed by atoms with E-state index in [1.807, 2.05) is 6.92 Å². The van der Waals surface area contributed by atoms with Gasteiger partial charge in [0.2, 0.25) is 11.8 Å². The van der Waals surface area contributed by atoms with Gasteiger partial charge in [0.15, 0.2) is 0 Å². The highest BCUT2D eigenvalue weighted by Gasteiger charge is 2.31. The maximum Gasteiger partial charge on any atom is 0.245 e. The van der Waals surface area contributed by atoms with Crippen LogP contribution in [0.1, 0.15) is 16.6 Å². The SMILES string of the molecule is COc1c(C(Cl)C(=O)N2CCOCC2)c(C)nn1C. The van der Waals surface area contributed by atoms with Crippen molar-refractivity contribution in [2.45, 2.75) is 12.3 Å². The lowest BCUT2D eigenvalue weighted by molar-refractivity contribution is -0.135. The Hall–Kier alpha value is -1.27. The summed E-state index contributed by atoms with van der Waals surface area (Å²) in [7, 11) is 3.31. The molecular formula is C12H18ClN3O3. The predicted octanol–water partition coefficient (Wildman–Crippen LogP) is 0.876. The largest absolute Gasteiger partial charge is 0.481 e. The van der Waals surface area contributed by atoms with E-state index in [0.717, 1.165) is 0 Å². The maximum atomic E-state index is 12.4. The molecule has 0 radical (unpaired) electrons. The highest BCUT2D eigenvalue weighted by atomic mass is 35.5. The number of amides is 1. The molecule has 1 amide bonds. The van der Waals surface area contributed by atoms with Crippen LogP contribution < -0.4 is 4.74 Å². The fraction of sp³-hybridized carbons (Fsp3) is 0.667. The van der Waals surface area contributed by atoms with Crippen molar-refractivity contribution in [1.29, 1.82) is 0 Å². The van der Waals surface area contributed by atoms with Crippen molar-refractivity contribution in [2.24, 2.45) is 7.05 Å². The number of aryl methyl sites for hydroxylation is 2. The third-order valence-corrected chi connectivity index (χ3v) is 3.61. The van der Waals surface area contributed by atoms with Crippen molar-refractivity contribution >= 4 is 17.5 Å². The van der Waals surface area contributed by atoms with E-state index in [-0.39, 0.29) is 5.91 Å². The van der Waals surface area contributed by atoms with E-state index in [2.05, 4.69) is 5.10 Å². The lowest BCUT2D eigenvalue weighted by Gasteiger charge is -2.28. The molecule has 1 aromatic rings. The van der Waals surface area contributed by atoms with Crippen LogP contribution in [-0.2, 0) is 16.6 Å². The second-order valence-electron chi connectivity index (χ2n) is 4.43. The molecule has 1 saturated heterocycles. The van der Waals surface area contributed by atoms with E-state index in [1.165, 1.54) is 0 Å². The number of methoxy groups -OCH3 is 1. The summed E-state index contributed by atoms with van der Waals surface area (Å²) >= 11 is 6.33. The van der Waals surface area contributed by atoms with Crippen molar-refractivity contribution in [2.75, 3.05) is 33.4 Å². The Morgan fingerprint density at radius 2 is 2.11 bits per heavy atom. The number of morpholine rings is 1. The van der Waals surface area contributed by atoms with Crippen LogP contribution in [-0.4, -0.2) is 54.0 Å². The Labute approximate surface area is 117 Å². The third-order valence-electron chi connectivity index (χ3n) is 3.20. The summed E-state index contributed by atoms with van der Waals surface area (Å²) in [5, 5.41) is 3.47. The van der Waals surface area contributed by atoms with Crippen LogP contribution in [0.15, 0.2) is 0 Å². The summed E-state index contributed by atoms with van der Waals surface area (Å²) in [6, 6.07) is 0. The molecule has 0 bridgehead atoms. The molecule has 1 aliphatic rings. The summed E-state index contributed by atoms with van der Waals surface area (Å²) < 4.78 is 12.1. The monoisotopic (exact) mass is 287 g/mol. The summed E-state index contributed by atoms with van der Waals surface area (Å²) in [5.41, 5.74) is 1.35. The van der Waals surface area contributed by atoms with Gasteiger partial charge in [-0.25, -0.2) is 4.68 Å². The molecule has 0 N–H and O–H groups in total. The van der Waals surface area contributed by atoms with E-state index in [9.17, 15) is 4.79 Å². The van der Waals surface area contributed by atoms with Gasteiger partial charge in [0, 0.05) is 20.1 Å². The Bertz CT molecular complexity index is 469. The molecule has 1 atom stereocenters. The molecule has 0 spiro atoms. The van der Waals surface area contributed by atoms with Crippen LogP contribution in [0.4, 0.5) is 0 Å². The highest BCUT2D eigenvalue weighted by molar-refractivity contribution is 6.31. The van der Waals surface area contributed by atoms with Crippen molar-refractivity contribution in [3.05, 3.63) is 11.3 Å². The van der Waals surface area contributed by atoms with Gasteiger partial charge in [0.05, 0.1) is 31.6 Å². The molecule has 106 valence electrons. The van der Waals surface area contributed by atoms with E-state index in [0.29, 0.717) is 43.4 Å². The van der Waals surface area contributed by atoms with E-state index in [1.54, 1.807) is 23.7 Å². The standard InChI is InChI=1S/C12H18ClN3O3/c1-8-9(12(18-3)15(2)14-8)10(13)11(17)16-4-6-19-7-5-16/h10H,4-7H2,1-3H3. The van der Waals surface area contributed by atoms with Crippen LogP contribution in [0.3, 0.4) is 0 Å². The average Bonchev–Trinajstić information content (AvgIpc) is 2.72. The summed E-state index contributed by atoms with van der Waals surface area (Å²) in [4.78, 5) is 14.1. The Kier molecular flexibility index (Phi) is 4.31. The van der Waals surface area contributed by atoms with Gasteiger partial charge in [0.1, 0.15) is 5.38 Å². The fourth-order valence-electron chi connectivity index (χ4n) is 2.25. The first kappa shape index (κ1) is 14.1. The van der Waals surface area contributed by atoms with Crippen LogP contribution in [0.25, 0.3) is 0 Å².